The van der Waals surface area contributed by atoms with Crippen molar-refractivity contribution in [3.05, 3.63) is 15.6 Å². The second-order valence-electron chi connectivity index (χ2n) is 4.71. The number of carbonyl (C=O) groups is 1. The molecule has 0 radical (unpaired) electrons. The maximum Gasteiger partial charge on any atom is 0.161 e. The highest BCUT2D eigenvalue weighted by atomic mass is 32.1. The average molecular weight is 223 g/mol. The molecule has 0 aromatic carbocycles. The molecule has 0 bridgehead atoms. The molecule has 0 spiro atoms. The second kappa shape index (κ2) is 4.05. The van der Waals surface area contributed by atoms with Gasteiger partial charge in [-0.1, -0.05) is 26.2 Å². The third-order valence-corrected chi connectivity index (χ3v) is 4.80. The predicted octanol–water partition coefficient (Wildman–Crippen LogP) is 3.49. The van der Waals surface area contributed by atoms with Crippen molar-refractivity contribution < 1.29 is 4.79 Å². The molecule has 0 aliphatic heterocycles. The summed E-state index contributed by atoms with van der Waals surface area (Å²) in [5.41, 5.74) is 1.13. The van der Waals surface area contributed by atoms with Crippen molar-refractivity contribution in [3.63, 3.8) is 0 Å². The molecule has 0 unspecified atom stereocenters. The van der Waals surface area contributed by atoms with Crippen LogP contribution in [0.5, 0.6) is 0 Å². The van der Waals surface area contributed by atoms with Crippen LogP contribution in [-0.2, 0) is 5.41 Å². The Hall–Kier alpha value is -0.700. The van der Waals surface area contributed by atoms with Crippen LogP contribution in [0.25, 0.3) is 0 Å². The van der Waals surface area contributed by atoms with E-state index in [9.17, 15) is 4.79 Å². The highest BCUT2D eigenvalue weighted by Gasteiger charge is 2.32. The fourth-order valence-corrected chi connectivity index (χ4v) is 3.40. The van der Waals surface area contributed by atoms with E-state index in [4.69, 9.17) is 0 Å². The highest BCUT2D eigenvalue weighted by Crippen LogP contribution is 2.40. The van der Waals surface area contributed by atoms with Gasteiger partial charge < -0.3 is 0 Å². The lowest BCUT2D eigenvalue weighted by molar-refractivity contribution is 0.112. The van der Waals surface area contributed by atoms with E-state index in [0.717, 1.165) is 16.9 Å². The zero-order valence-corrected chi connectivity index (χ0v) is 10.2. The van der Waals surface area contributed by atoms with Gasteiger partial charge in [-0.3, -0.25) is 4.79 Å². The van der Waals surface area contributed by atoms with Crippen molar-refractivity contribution in [2.45, 2.75) is 51.4 Å². The van der Waals surface area contributed by atoms with Crippen molar-refractivity contribution in [1.29, 1.82) is 0 Å². The molecular formula is C12H17NOS. The summed E-state index contributed by atoms with van der Waals surface area (Å²) in [7, 11) is 0. The van der Waals surface area contributed by atoms with E-state index in [1.807, 2.05) is 6.92 Å². The van der Waals surface area contributed by atoms with Crippen molar-refractivity contribution in [2.75, 3.05) is 0 Å². The quantitative estimate of drug-likeness (QED) is 0.718. The molecule has 0 amide bonds. The molecule has 2 nitrogen and oxygen atoms in total. The monoisotopic (exact) mass is 223 g/mol. The number of nitrogens with zero attached hydrogens (tertiary/aromatic N) is 1. The summed E-state index contributed by atoms with van der Waals surface area (Å²) in [6.45, 7) is 4.22. The standard InChI is InChI=1S/C12H17NOS/c1-9-10(8-14)15-11(13-9)12(2)6-4-3-5-7-12/h8H,3-7H2,1-2H3. The van der Waals surface area contributed by atoms with Crippen LogP contribution in [0.3, 0.4) is 0 Å². The number of aromatic nitrogens is 1. The molecule has 1 aromatic heterocycles. The maximum absolute atomic E-state index is 10.8. The van der Waals surface area contributed by atoms with Crippen molar-refractivity contribution in [1.82, 2.24) is 4.98 Å². The Bertz CT molecular complexity index is 364. The summed E-state index contributed by atoms with van der Waals surface area (Å²) in [6.07, 6.45) is 7.32. The first-order valence-electron chi connectivity index (χ1n) is 5.59. The molecule has 2 rings (SSSR count). The Morgan fingerprint density at radius 1 is 1.33 bits per heavy atom. The van der Waals surface area contributed by atoms with Crippen molar-refractivity contribution in [2.24, 2.45) is 0 Å². The average Bonchev–Trinajstić information content (AvgIpc) is 2.61. The third kappa shape index (κ3) is 1.98. The van der Waals surface area contributed by atoms with Gasteiger partial charge >= 0.3 is 0 Å². The number of hydrogen-bond donors (Lipinski definition) is 0. The summed E-state index contributed by atoms with van der Waals surface area (Å²) in [4.78, 5) is 16.2. The van der Waals surface area contributed by atoms with Gasteiger partial charge in [-0.15, -0.1) is 11.3 Å². The Labute approximate surface area is 94.7 Å². The van der Waals surface area contributed by atoms with Gasteiger partial charge in [0.2, 0.25) is 0 Å². The molecule has 0 atom stereocenters. The molecule has 0 N–H and O–H groups in total. The smallest absolute Gasteiger partial charge is 0.161 e. The molecule has 1 heterocycles. The van der Waals surface area contributed by atoms with Crippen LogP contribution in [-0.4, -0.2) is 11.3 Å². The summed E-state index contributed by atoms with van der Waals surface area (Å²) in [5.74, 6) is 0. The first-order valence-corrected chi connectivity index (χ1v) is 6.40. The Balaban J connectivity index is 2.30. The Morgan fingerprint density at radius 3 is 2.53 bits per heavy atom. The number of thiazole rings is 1. The molecule has 1 aliphatic rings. The summed E-state index contributed by atoms with van der Waals surface area (Å²) >= 11 is 1.59. The highest BCUT2D eigenvalue weighted by molar-refractivity contribution is 7.13. The number of aryl methyl sites for hydroxylation is 1. The van der Waals surface area contributed by atoms with Crippen LogP contribution in [0.1, 0.15) is 59.4 Å². The molecule has 0 saturated heterocycles. The molecule has 1 aromatic rings. The summed E-state index contributed by atoms with van der Waals surface area (Å²) in [6, 6.07) is 0. The fraction of sp³-hybridized carbons (Fsp3) is 0.667. The van der Waals surface area contributed by atoms with Crippen LogP contribution in [0.4, 0.5) is 0 Å². The number of hydrogen-bond acceptors (Lipinski definition) is 3. The van der Waals surface area contributed by atoms with E-state index in [0.29, 0.717) is 0 Å². The Morgan fingerprint density at radius 2 is 2.00 bits per heavy atom. The van der Waals surface area contributed by atoms with E-state index in [2.05, 4.69) is 11.9 Å². The minimum absolute atomic E-state index is 0.231. The van der Waals surface area contributed by atoms with E-state index in [1.165, 1.54) is 37.1 Å². The molecular weight excluding hydrogens is 206 g/mol. The largest absolute Gasteiger partial charge is 0.297 e. The number of aldehydes is 1. The first-order chi connectivity index (χ1) is 7.15. The SMILES string of the molecule is Cc1nc(C2(C)CCCCC2)sc1C=O. The number of rotatable bonds is 2. The van der Waals surface area contributed by atoms with Gasteiger partial charge in [0.25, 0.3) is 0 Å². The molecule has 82 valence electrons. The zero-order chi connectivity index (χ0) is 10.9. The number of carbonyl (C=O) groups excluding carboxylic acids is 1. The van der Waals surface area contributed by atoms with E-state index in [-0.39, 0.29) is 5.41 Å². The lowest BCUT2D eigenvalue weighted by Crippen LogP contribution is -2.24. The maximum atomic E-state index is 10.8. The van der Waals surface area contributed by atoms with Gasteiger partial charge in [-0.2, -0.15) is 0 Å². The van der Waals surface area contributed by atoms with E-state index in [1.54, 1.807) is 11.3 Å². The fourth-order valence-electron chi connectivity index (χ4n) is 2.32. The van der Waals surface area contributed by atoms with Gasteiger partial charge in [0.15, 0.2) is 6.29 Å². The van der Waals surface area contributed by atoms with Gasteiger partial charge in [0.1, 0.15) is 0 Å². The van der Waals surface area contributed by atoms with Crippen LogP contribution in [0.2, 0.25) is 0 Å². The summed E-state index contributed by atoms with van der Waals surface area (Å²) < 4.78 is 0. The molecule has 3 heteroatoms. The first kappa shape index (κ1) is 10.8. The lowest BCUT2D eigenvalue weighted by Gasteiger charge is -2.31. The van der Waals surface area contributed by atoms with Gasteiger partial charge in [-0.05, 0) is 19.8 Å². The van der Waals surface area contributed by atoms with Crippen LogP contribution in [0, 0.1) is 6.92 Å². The zero-order valence-electron chi connectivity index (χ0n) is 9.38. The third-order valence-electron chi connectivity index (χ3n) is 3.41. The van der Waals surface area contributed by atoms with Crippen LogP contribution in [0.15, 0.2) is 0 Å². The topological polar surface area (TPSA) is 30.0 Å². The Kier molecular flexibility index (Phi) is 2.91. The van der Waals surface area contributed by atoms with Gasteiger partial charge in [0, 0.05) is 5.41 Å². The minimum Gasteiger partial charge on any atom is -0.297 e. The molecule has 1 aliphatic carbocycles. The van der Waals surface area contributed by atoms with E-state index < -0.39 is 0 Å². The van der Waals surface area contributed by atoms with Crippen LogP contribution < -0.4 is 0 Å². The minimum atomic E-state index is 0.231. The molecule has 1 saturated carbocycles. The van der Waals surface area contributed by atoms with Crippen LogP contribution >= 0.6 is 11.3 Å². The molecule has 1 fully saturated rings. The van der Waals surface area contributed by atoms with Crippen molar-refractivity contribution >= 4 is 17.6 Å². The normalized spacial score (nSPS) is 20.1. The lowest BCUT2D eigenvalue weighted by atomic mass is 9.76. The predicted molar refractivity (Wildman–Crippen MR) is 62.7 cm³/mol. The second-order valence-corrected chi connectivity index (χ2v) is 5.74. The molecule has 15 heavy (non-hydrogen) atoms. The van der Waals surface area contributed by atoms with E-state index >= 15 is 0 Å². The van der Waals surface area contributed by atoms with Gasteiger partial charge in [0.05, 0.1) is 15.6 Å². The summed E-state index contributed by atoms with van der Waals surface area (Å²) in [5, 5.41) is 1.17. The van der Waals surface area contributed by atoms with Crippen molar-refractivity contribution in [3.8, 4) is 0 Å². The van der Waals surface area contributed by atoms with Gasteiger partial charge in [-0.25, -0.2) is 4.98 Å².